The number of nitrogens with one attached hydrogen (secondary N) is 2. The molecule has 1 aromatic heterocycles. The minimum atomic E-state index is -0.261. The Balaban J connectivity index is 1.58. The van der Waals surface area contributed by atoms with Crippen molar-refractivity contribution in [2.75, 3.05) is 24.2 Å². The molecule has 1 saturated heterocycles. The zero-order chi connectivity index (χ0) is 26.9. The average Bonchev–Trinajstić information content (AvgIpc) is 3.42. The highest BCUT2D eigenvalue weighted by atomic mass is 32.2. The van der Waals surface area contributed by atoms with Crippen LogP contribution in [0, 0.1) is 23.2 Å². The predicted octanol–water partition coefficient (Wildman–Crippen LogP) is 5.33. The zero-order valence-corrected chi connectivity index (χ0v) is 22.6. The first-order valence-electron chi connectivity index (χ1n) is 13.0. The number of hydrogen-bond acceptors (Lipinski definition) is 8. The lowest BCUT2D eigenvalue weighted by Crippen LogP contribution is -2.37. The van der Waals surface area contributed by atoms with Gasteiger partial charge in [-0.05, 0) is 67.6 Å². The summed E-state index contributed by atoms with van der Waals surface area (Å²) in [7, 11) is 0. The van der Waals surface area contributed by atoms with Gasteiger partial charge < -0.3 is 21.1 Å². The Morgan fingerprint density at radius 2 is 2.03 bits per heavy atom. The summed E-state index contributed by atoms with van der Waals surface area (Å²) in [6.07, 6.45) is 3.25. The van der Waals surface area contributed by atoms with Crippen LogP contribution < -0.4 is 16.4 Å². The lowest BCUT2D eigenvalue weighted by molar-refractivity contribution is -0.126. The molecule has 9 heteroatoms. The number of aromatic nitrogens is 2. The van der Waals surface area contributed by atoms with Crippen LogP contribution in [0.15, 0.2) is 64.5 Å². The Labute approximate surface area is 228 Å². The fourth-order valence-corrected chi connectivity index (χ4v) is 5.22. The van der Waals surface area contributed by atoms with E-state index in [1.54, 1.807) is 12.1 Å². The van der Waals surface area contributed by atoms with Gasteiger partial charge in [0.2, 0.25) is 5.91 Å². The maximum Gasteiger partial charge on any atom is 0.223 e. The van der Waals surface area contributed by atoms with Crippen molar-refractivity contribution in [3.63, 3.8) is 0 Å². The molecule has 0 saturated carbocycles. The van der Waals surface area contributed by atoms with Crippen molar-refractivity contribution in [2.24, 2.45) is 11.8 Å². The van der Waals surface area contributed by atoms with E-state index in [0.29, 0.717) is 41.8 Å². The molecule has 1 aliphatic heterocycles. The van der Waals surface area contributed by atoms with Crippen LogP contribution in [0.2, 0.25) is 0 Å². The van der Waals surface area contributed by atoms with Crippen LogP contribution in [0.4, 0.5) is 17.2 Å². The van der Waals surface area contributed by atoms with Crippen LogP contribution in [-0.2, 0) is 16.0 Å². The van der Waals surface area contributed by atoms with Crippen LogP contribution in [0.1, 0.15) is 44.5 Å². The van der Waals surface area contributed by atoms with Crippen molar-refractivity contribution in [1.29, 1.82) is 5.26 Å². The number of benzene rings is 2. The quantitative estimate of drug-likeness (QED) is 0.224. The second-order valence-corrected chi connectivity index (χ2v) is 11.0. The van der Waals surface area contributed by atoms with E-state index in [1.807, 2.05) is 42.5 Å². The smallest absolute Gasteiger partial charge is 0.223 e. The van der Waals surface area contributed by atoms with Gasteiger partial charge in [0.15, 0.2) is 0 Å². The minimum absolute atomic E-state index is 0.00520. The molecule has 0 bridgehead atoms. The number of amides is 1. The predicted molar refractivity (Wildman–Crippen MR) is 150 cm³/mol. The van der Waals surface area contributed by atoms with E-state index in [4.69, 9.17) is 20.4 Å². The van der Waals surface area contributed by atoms with E-state index < -0.39 is 0 Å². The number of nitriles is 1. The molecule has 4 rings (SSSR count). The van der Waals surface area contributed by atoms with Crippen LogP contribution in [0.3, 0.4) is 0 Å². The molecule has 4 N–H and O–H groups in total. The molecular weight excluding hydrogens is 496 g/mol. The number of ether oxygens (including phenoxy) is 1. The van der Waals surface area contributed by atoms with Crippen molar-refractivity contribution in [3.8, 4) is 6.07 Å². The lowest BCUT2D eigenvalue weighted by Gasteiger charge is -2.20. The first-order valence-corrected chi connectivity index (χ1v) is 13.8. The third kappa shape index (κ3) is 8.20. The van der Waals surface area contributed by atoms with E-state index in [-0.39, 0.29) is 17.9 Å². The van der Waals surface area contributed by atoms with Crippen LogP contribution >= 0.6 is 11.8 Å². The number of nitrogens with two attached hydrogens (primary N) is 1. The van der Waals surface area contributed by atoms with E-state index >= 15 is 0 Å². The van der Waals surface area contributed by atoms with Gasteiger partial charge in [-0.3, -0.25) is 4.79 Å². The molecule has 0 aliphatic carbocycles. The molecule has 2 atom stereocenters. The van der Waals surface area contributed by atoms with Crippen molar-refractivity contribution in [1.82, 2.24) is 15.3 Å². The van der Waals surface area contributed by atoms with Crippen molar-refractivity contribution in [3.05, 3.63) is 66.0 Å². The molecule has 2 heterocycles. The van der Waals surface area contributed by atoms with Gasteiger partial charge in [0, 0.05) is 47.8 Å². The maximum absolute atomic E-state index is 13.2. The Bertz CT molecular complexity index is 1270. The summed E-state index contributed by atoms with van der Waals surface area (Å²) in [5, 5.41) is 16.4. The van der Waals surface area contributed by atoms with E-state index in [2.05, 4.69) is 30.6 Å². The fourth-order valence-electron chi connectivity index (χ4n) is 4.39. The van der Waals surface area contributed by atoms with Crippen molar-refractivity contribution in [2.45, 2.75) is 55.6 Å². The third-order valence-corrected chi connectivity index (χ3v) is 7.13. The monoisotopic (exact) mass is 530 g/mol. The molecule has 1 amide bonds. The highest BCUT2D eigenvalue weighted by molar-refractivity contribution is 7.99. The number of rotatable bonds is 11. The van der Waals surface area contributed by atoms with E-state index in [9.17, 15) is 10.1 Å². The topological polar surface area (TPSA) is 126 Å². The van der Waals surface area contributed by atoms with Crippen LogP contribution in [0.5, 0.6) is 0 Å². The normalized spacial score (nSPS) is 15.7. The number of nitrogens with zero attached hydrogens (tertiary/aromatic N) is 3. The molecule has 8 nitrogen and oxygen atoms in total. The fraction of sp³-hybridized carbons (Fsp3) is 0.379. The molecule has 0 spiro atoms. The van der Waals surface area contributed by atoms with Gasteiger partial charge in [0.25, 0.3) is 0 Å². The summed E-state index contributed by atoms with van der Waals surface area (Å²) >= 11 is 1.50. The Morgan fingerprint density at radius 3 is 2.74 bits per heavy atom. The highest BCUT2D eigenvalue weighted by Crippen LogP contribution is 2.30. The van der Waals surface area contributed by atoms with Crippen LogP contribution in [-0.4, -0.2) is 35.1 Å². The van der Waals surface area contributed by atoms with Gasteiger partial charge >= 0.3 is 0 Å². The molecule has 1 unspecified atom stereocenters. The first-order chi connectivity index (χ1) is 18.4. The summed E-state index contributed by atoms with van der Waals surface area (Å²) in [5.41, 5.74) is 7.86. The van der Waals surface area contributed by atoms with Gasteiger partial charge in [0.1, 0.15) is 16.7 Å². The second-order valence-electron chi connectivity index (χ2n) is 9.91. The van der Waals surface area contributed by atoms with E-state index in [1.165, 1.54) is 11.8 Å². The van der Waals surface area contributed by atoms with Gasteiger partial charge in [-0.25, -0.2) is 9.97 Å². The summed E-state index contributed by atoms with van der Waals surface area (Å²) in [6, 6.07) is 18.9. The van der Waals surface area contributed by atoms with Gasteiger partial charge in [0.05, 0.1) is 17.7 Å². The minimum Gasteiger partial charge on any atom is -0.399 e. The summed E-state index contributed by atoms with van der Waals surface area (Å²) < 4.78 is 5.67. The lowest BCUT2D eigenvalue weighted by atomic mass is 9.93. The number of carbonyl (C=O) groups is 1. The number of hydrogen-bond donors (Lipinski definition) is 3. The molecule has 1 fully saturated rings. The molecular formula is C29H34N6O2S. The first kappa shape index (κ1) is 27.4. The van der Waals surface area contributed by atoms with Crippen molar-refractivity contribution < 1.29 is 9.53 Å². The zero-order valence-electron chi connectivity index (χ0n) is 21.8. The van der Waals surface area contributed by atoms with Gasteiger partial charge in [-0.1, -0.05) is 31.7 Å². The number of anilines is 3. The van der Waals surface area contributed by atoms with Gasteiger partial charge in [-0.2, -0.15) is 5.26 Å². The average molecular weight is 531 g/mol. The summed E-state index contributed by atoms with van der Waals surface area (Å²) in [4.78, 5) is 23.8. The van der Waals surface area contributed by atoms with E-state index in [0.717, 1.165) is 41.5 Å². The Morgan fingerprint density at radius 1 is 1.21 bits per heavy atom. The van der Waals surface area contributed by atoms with Gasteiger partial charge in [-0.15, -0.1) is 0 Å². The summed E-state index contributed by atoms with van der Waals surface area (Å²) in [6.45, 7) is 5.52. The molecule has 3 aromatic rings. The maximum atomic E-state index is 13.2. The largest absolute Gasteiger partial charge is 0.399 e. The number of carbonyl (C=O) groups excluding carboxylic acids is 1. The van der Waals surface area contributed by atoms with Crippen LogP contribution in [0.25, 0.3) is 0 Å². The Hall–Kier alpha value is -3.61. The second kappa shape index (κ2) is 13.3. The number of nitrogen functional groups attached to an aromatic ring is 1. The summed E-state index contributed by atoms with van der Waals surface area (Å²) in [5.74, 6) is 1.27. The molecule has 0 radical (unpaired) electrons. The molecule has 1 aliphatic rings. The molecule has 2 aromatic carbocycles. The SMILES string of the molecule is CC(C)CC(Cc1nc(Nc2cccc(C#N)c2)cc(Sc2ccc(N)cc2)n1)C(=O)NC[C@@H]1CCCO1. The standard InChI is InChI=1S/C29H34N6O2S/c1-19(2)13-21(29(36)32-18-24-7-4-12-37-24)15-26-34-27(33-23-6-3-5-20(14-23)17-30)16-28(35-26)38-25-10-8-22(31)9-11-25/h3,5-6,8-11,14,16,19,21,24H,4,7,12-13,15,18,31H2,1-2H3,(H,32,36)(H,33,34,35)/t21?,24-/m0/s1. The highest BCUT2D eigenvalue weighted by Gasteiger charge is 2.24. The Kier molecular flexibility index (Phi) is 9.57. The third-order valence-electron chi connectivity index (χ3n) is 6.20. The van der Waals surface area contributed by atoms with Crippen molar-refractivity contribution >= 4 is 34.9 Å². The molecule has 198 valence electrons. The molecule has 38 heavy (non-hydrogen) atoms.